The minimum atomic E-state index is -0.412. The third kappa shape index (κ3) is 5.08. The van der Waals surface area contributed by atoms with Crippen molar-refractivity contribution in [1.82, 2.24) is 9.97 Å². The minimum absolute atomic E-state index is 0.142. The Bertz CT molecular complexity index is 969. The second kappa shape index (κ2) is 8.68. The molecule has 0 fully saturated rings. The number of hydrogen-bond donors (Lipinski definition) is 2. The van der Waals surface area contributed by atoms with E-state index in [2.05, 4.69) is 22.2 Å². The molecule has 27 heavy (non-hydrogen) atoms. The van der Waals surface area contributed by atoms with Gasteiger partial charge in [0, 0.05) is 17.3 Å². The molecule has 1 heterocycles. The van der Waals surface area contributed by atoms with E-state index >= 15 is 0 Å². The van der Waals surface area contributed by atoms with Crippen molar-refractivity contribution in [2.45, 2.75) is 30.7 Å². The molecule has 0 saturated heterocycles. The third-order valence-corrected chi connectivity index (χ3v) is 5.06. The molecule has 0 aliphatic rings. The van der Waals surface area contributed by atoms with Crippen LogP contribution < -0.4 is 10.9 Å². The SMILES string of the molecule is CCc1ccc(NC(=O)C(C)Sc2nc(-c3ccccc3)cc(=O)[nH]2)cc1. The average Bonchev–Trinajstić information content (AvgIpc) is 2.68. The van der Waals surface area contributed by atoms with Gasteiger partial charge in [0.05, 0.1) is 10.9 Å². The number of carbonyl (C=O) groups excluding carboxylic acids is 1. The van der Waals surface area contributed by atoms with Gasteiger partial charge in [-0.1, -0.05) is 61.2 Å². The van der Waals surface area contributed by atoms with Gasteiger partial charge >= 0.3 is 0 Å². The number of aromatic nitrogens is 2. The van der Waals surface area contributed by atoms with Crippen LogP contribution in [0.15, 0.2) is 70.6 Å². The molecule has 6 heteroatoms. The summed E-state index contributed by atoms with van der Waals surface area (Å²) in [4.78, 5) is 31.6. The van der Waals surface area contributed by atoms with Crippen LogP contribution >= 0.6 is 11.8 Å². The van der Waals surface area contributed by atoms with E-state index in [1.807, 2.05) is 54.6 Å². The van der Waals surface area contributed by atoms with E-state index < -0.39 is 5.25 Å². The summed E-state index contributed by atoms with van der Waals surface area (Å²) in [5.41, 5.74) is 3.18. The molecule has 0 spiro atoms. The summed E-state index contributed by atoms with van der Waals surface area (Å²) >= 11 is 1.22. The number of carbonyl (C=O) groups is 1. The van der Waals surface area contributed by atoms with Crippen LogP contribution in [0.25, 0.3) is 11.3 Å². The zero-order valence-electron chi connectivity index (χ0n) is 15.2. The number of aryl methyl sites for hydroxylation is 1. The molecule has 0 bridgehead atoms. The Labute approximate surface area is 162 Å². The van der Waals surface area contributed by atoms with Gasteiger partial charge < -0.3 is 10.3 Å². The molecule has 3 rings (SSSR count). The van der Waals surface area contributed by atoms with Crippen LogP contribution in [0, 0.1) is 0 Å². The number of aromatic amines is 1. The molecule has 2 aromatic carbocycles. The lowest BCUT2D eigenvalue weighted by Gasteiger charge is -2.12. The zero-order chi connectivity index (χ0) is 19.2. The van der Waals surface area contributed by atoms with Crippen LogP contribution in [0.1, 0.15) is 19.4 Å². The second-order valence-corrected chi connectivity index (χ2v) is 7.43. The Morgan fingerprint density at radius 3 is 2.52 bits per heavy atom. The van der Waals surface area contributed by atoms with Crippen LogP contribution in [0.3, 0.4) is 0 Å². The number of amides is 1. The van der Waals surface area contributed by atoms with E-state index in [0.717, 1.165) is 17.7 Å². The van der Waals surface area contributed by atoms with Crippen molar-refractivity contribution in [3.63, 3.8) is 0 Å². The van der Waals surface area contributed by atoms with Crippen molar-refractivity contribution in [2.75, 3.05) is 5.32 Å². The van der Waals surface area contributed by atoms with Crippen molar-refractivity contribution in [1.29, 1.82) is 0 Å². The molecule has 3 aromatic rings. The van der Waals surface area contributed by atoms with Crippen molar-refractivity contribution in [2.24, 2.45) is 0 Å². The first kappa shape index (κ1) is 18.9. The van der Waals surface area contributed by atoms with E-state index in [1.54, 1.807) is 6.92 Å². The quantitative estimate of drug-likeness (QED) is 0.499. The standard InChI is InChI=1S/C21H21N3O2S/c1-3-15-9-11-17(12-10-15)22-20(26)14(2)27-21-23-18(13-19(25)24-21)16-7-5-4-6-8-16/h4-14H,3H2,1-2H3,(H,22,26)(H,23,24,25). The van der Waals surface area contributed by atoms with Gasteiger partial charge in [0.15, 0.2) is 5.16 Å². The number of thioether (sulfide) groups is 1. The van der Waals surface area contributed by atoms with Crippen LogP contribution in [0.2, 0.25) is 0 Å². The number of benzene rings is 2. The van der Waals surface area contributed by atoms with E-state index in [4.69, 9.17) is 0 Å². The highest BCUT2D eigenvalue weighted by molar-refractivity contribution is 8.00. The molecule has 0 aliphatic carbocycles. The first-order valence-electron chi connectivity index (χ1n) is 8.78. The predicted molar refractivity (Wildman–Crippen MR) is 110 cm³/mol. The predicted octanol–water partition coefficient (Wildman–Crippen LogP) is 4.12. The molecule has 1 unspecified atom stereocenters. The fourth-order valence-electron chi connectivity index (χ4n) is 2.54. The van der Waals surface area contributed by atoms with E-state index in [0.29, 0.717) is 10.9 Å². The molecule has 0 aliphatic heterocycles. The lowest BCUT2D eigenvalue weighted by molar-refractivity contribution is -0.115. The average molecular weight is 379 g/mol. The summed E-state index contributed by atoms with van der Waals surface area (Å²) in [5, 5.41) is 2.90. The van der Waals surface area contributed by atoms with Crippen molar-refractivity contribution >= 4 is 23.4 Å². The van der Waals surface area contributed by atoms with E-state index in [9.17, 15) is 9.59 Å². The van der Waals surface area contributed by atoms with Crippen LogP contribution in [0.4, 0.5) is 5.69 Å². The summed E-state index contributed by atoms with van der Waals surface area (Å²) in [7, 11) is 0. The number of rotatable bonds is 6. The van der Waals surface area contributed by atoms with Gasteiger partial charge in [0.25, 0.3) is 5.56 Å². The van der Waals surface area contributed by atoms with Gasteiger partial charge in [-0.25, -0.2) is 4.98 Å². The molecule has 2 N–H and O–H groups in total. The number of H-pyrrole nitrogens is 1. The normalized spacial score (nSPS) is 11.8. The monoisotopic (exact) mass is 379 g/mol. The number of nitrogens with zero attached hydrogens (tertiary/aromatic N) is 1. The third-order valence-electron chi connectivity index (χ3n) is 4.08. The first-order valence-corrected chi connectivity index (χ1v) is 9.66. The summed E-state index contributed by atoms with van der Waals surface area (Å²) < 4.78 is 0. The van der Waals surface area contributed by atoms with Crippen LogP contribution in [-0.2, 0) is 11.2 Å². The second-order valence-electron chi connectivity index (χ2n) is 6.10. The number of hydrogen-bond acceptors (Lipinski definition) is 4. The van der Waals surface area contributed by atoms with Crippen molar-refractivity contribution < 1.29 is 4.79 Å². The first-order chi connectivity index (χ1) is 13.0. The fraction of sp³-hybridized carbons (Fsp3) is 0.190. The van der Waals surface area contributed by atoms with Crippen molar-refractivity contribution in [3.05, 3.63) is 76.6 Å². The summed E-state index contributed by atoms with van der Waals surface area (Å²) in [6, 6.07) is 18.7. The molecule has 1 aromatic heterocycles. The largest absolute Gasteiger partial charge is 0.325 e. The number of nitrogens with one attached hydrogen (secondary N) is 2. The van der Waals surface area contributed by atoms with E-state index in [1.165, 1.54) is 23.4 Å². The summed E-state index contributed by atoms with van der Waals surface area (Å²) in [6.45, 7) is 3.87. The van der Waals surface area contributed by atoms with Crippen LogP contribution in [0.5, 0.6) is 0 Å². The molecular formula is C21H21N3O2S. The topological polar surface area (TPSA) is 74.8 Å². The Balaban J connectivity index is 1.71. The highest BCUT2D eigenvalue weighted by atomic mass is 32.2. The fourth-order valence-corrected chi connectivity index (χ4v) is 3.35. The molecule has 1 atom stereocenters. The Morgan fingerprint density at radius 2 is 1.85 bits per heavy atom. The highest BCUT2D eigenvalue weighted by Crippen LogP contribution is 2.23. The summed E-state index contributed by atoms with van der Waals surface area (Å²) in [5.74, 6) is -0.142. The van der Waals surface area contributed by atoms with Gasteiger partial charge in [-0.3, -0.25) is 9.59 Å². The molecule has 0 radical (unpaired) electrons. The van der Waals surface area contributed by atoms with Gasteiger partial charge in [-0.15, -0.1) is 0 Å². The molecule has 0 saturated carbocycles. The van der Waals surface area contributed by atoms with Gasteiger partial charge in [0.1, 0.15) is 0 Å². The molecule has 138 valence electrons. The highest BCUT2D eigenvalue weighted by Gasteiger charge is 2.17. The maximum absolute atomic E-state index is 12.5. The van der Waals surface area contributed by atoms with Crippen LogP contribution in [-0.4, -0.2) is 21.1 Å². The Hall–Kier alpha value is -2.86. The Morgan fingerprint density at radius 1 is 1.15 bits per heavy atom. The maximum atomic E-state index is 12.5. The maximum Gasteiger partial charge on any atom is 0.252 e. The molecule has 1 amide bonds. The Kier molecular flexibility index (Phi) is 6.08. The number of anilines is 1. The van der Waals surface area contributed by atoms with Crippen molar-refractivity contribution in [3.8, 4) is 11.3 Å². The van der Waals surface area contributed by atoms with E-state index in [-0.39, 0.29) is 11.5 Å². The zero-order valence-corrected chi connectivity index (χ0v) is 16.0. The lowest BCUT2D eigenvalue weighted by atomic mass is 10.1. The molecular weight excluding hydrogens is 358 g/mol. The lowest BCUT2D eigenvalue weighted by Crippen LogP contribution is -2.23. The smallest absolute Gasteiger partial charge is 0.252 e. The van der Waals surface area contributed by atoms with Gasteiger partial charge in [-0.05, 0) is 31.0 Å². The van der Waals surface area contributed by atoms with Gasteiger partial charge in [-0.2, -0.15) is 0 Å². The summed E-state index contributed by atoms with van der Waals surface area (Å²) in [6.07, 6.45) is 0.956. The van der Waals surface area contributed by atoms with Gasteiger partial charge in [0.2, 0.25) is 5.91 Å². The molecule has 5 nitrogen and oxygen atoms in total. The minimum Gasteiger partial charge on any atom is -0.325 e.